The van der Waals surface area contributed by atoms with Gasteiger partial charge in [-0.05, 0) is 23.4 Å². The van der Waals surface area contributed by atoms with Gasteiger partial charge in [0.15, 0.2) is 0 Å². The van der Waals surface area contributed by atoms with Gasteiger partial charge in [0.1, 0.15) is 11.7 Å². The zero-order valence-electron chi connectivity index (χ0n) is 12.8. The second-order valence-electron chi connectivity index (χ2n) is 4.73. The molecule has 0 saturated heterocycles. The minimum atomic E-state index is -2.64. The number of allylic oxidation sites excluding steroid dienone is 1. The first-order chi connectivity index (χ1) is 10.9. The van der Waals surface area contributed by atoms with Crippen molar-refractivity contribution in [2.75, 3.05) is 18.7 Å². The molecule has 1 aliphatic rings. The molecule has 0 fully saturated rings. The predicted octanol–water partition coefficient (Wildman–Crippen LogP) is 4.44. The summed E-state index contributed by atoms with van der Waals surface area (Å²) in [7, 11) is 0. The maximum atomic E-state index is 12.8. The smallest absolute Gasteiger partial charge is 0.256 e. The van der Waals surface area contributed by atoms with Crippen LogP contribution in [-0.4, -0.2) is 40.8 Å². The number of hydrogen-bond donors (Lipinski definition) is 0. The van der Waals surface area contributed by atoms with Gasteiger partial charge in [-0.3, -0.25) is 4.79 Å². The second-order valence-corrected chi connectivity index (χ2v) is 7.06. The minimum absolute atomic E-state index is 0. The molecule has 24 heavy (non-hydrogen) atoms. The van der Waals surface area contributed by atoms with Crippen molar-refractivity contribution in [2.24, 2.45) is 0 Å². The average Bonchev–Trinajstić information content (AvgIpc) is 2.50. The Kier molecular flexibility index (Phi) is 9.74. The molecule has 0 aromatic heterocycles. The van der Waals surface area contributed by atoms with E-state index in [0.29, 0.717) is 28.7 Å². The van der Waals surface area contributed by atoms with Gasteiger partial charge in [0.25, 0.3) is 6.43 Å². The molecule has 0 aliphatic carbocycles. The molecule has 0 spiro atoms. The Morgan fingerprint density at radius 2 is 2.25 bits per heavy atom. The van der Waals surface area contributed by atoms with Crippen LogP contribution in [0.2, 0.25) is 5.02 Å². The van der Waals surface area contributed by atoms with E-state index in [2.05, 4.69) is 22.0 Å². The summed E-state index contributed by atoms with van der Waals surface area (Å²) in [5, 5.41) is 0.325. The van der Waals surface area contributed by atoms with Gasteiger partial charge in [0.2, 0.25) is 5.91 Å². The fourth-order valence-corrected chi connectivity index (χ4v) is 3.04. The van der Waals surface area contributed by atoms with Crippen LogP contribution in [0.25, 0.3) is 5.70 Å². The van der Waals surface area contributed by atoms with Crippen molar-refractivity contribution in [2.45, 2.75) is 17.7 Å². The monoisotopic (exact) mass is 513 g/mol. The van der Waals surface area contributed by atoms with Gasteiger partial charge in [-0.15, -0.1) is 40.7 Å². The van der Waals surface area contributed by atoms with E-state index < -0.39 is 23.7 Å². The predicted molar refractivity (Wildman–Crippen MR) is 92.2 cm³/mol. The summed E-state index contributed by atoms with van der Waals surface area (Å²) in [4.78, 5) is 12.7. The summed E-state index contributed by atoms with van der Waals surface area (Å²) >= 11 is 10.9. The Bertz CT molecular complexity index is 621. The Morgan fingerprint density at radius 1 is 1.54 bits per heavy atom. The number of carbonyl (C=O) groups excluding carboxylic acids is 1. The van der Waals surface area contributed by atoms with Crippen molar-refractivity contribution in [1.29, 1.82) is 0 Å². The molecular weight excluding hydrogens is 500 g/mol. The van der Waals surface area contributed by atoms with Crippen LogP contribution in [0.3, 0.4) is 0 Å². The Morgan fingerprint density at radius 3 is 2.83 bits per heavy atom. The van der Waals surface area contributed by atoms with Gasteiger partial charge in [-0.25, -0.2) is 14.9 Å². The van der Waals surface area contributed by atoms with Gasteiger partial charge < -0.3 is 9.64 Å². The molecule has 129 valence electrons. The van der Waals surface area contributed by atoms with Crippen LogP contribution in [0.4, 0.5) is 8.78 Å². The van der Waals surface area contributed by atoms with Crippen LogP contribution in [0.15, 0.2) is 18.2 Å². The molecule has 1 unspecified atom stereocenters. The van der Waals surface area contributed by atoms with E-state index in [1.165, 1.54) is 11.8 Å². The number of thioether (sulfide) groups is 1. The van der Waals surface area contributed by atoms with Gasteiger partial charge in [0, 0.05) is 32.7 Å². The van der Waals surface area contributed by atoms with Crippen molar-refractivity contribution in [3.63, 3.8) is 0 Å². The van der Waals surface area contributed by atoms with Crippen LogP contribution in [0.1, 0.15) is 12.0 Å². The fraction of sp³-hybridized carbons (Fsp3) is 0.400. The molecule has 1 amide bonds. The first kappa shape index (κ1) is 22.4. The SMILES string of the molecule is CSCOc1ccc(C2=[C-]CC(Br)C(=O)N2CC(F)F)c(Cl)c1.[Y]. The van der Waals surface area contributed by atoms with Crippen molar-refractivity contribution < 1.29 is 51.0 Å². The van der Waals surface area contributed by atoms with E-state index >= 15 is 0 Å². The van der Waals surface area contributed by atoms with E-state index in [4.69, 9.17) is 16.3 Å². The van der Waals surface area contributed by atoms with E-state index in [-0.39, 0.29) is 38.4 Å². The summed E-state index contributed by atoms with van der Waals surface area (Å²) in [5.41, 5.74) is 0.768. The van der Waals surface area contributed by atoms with Gasteiger partial charge in [-0.2, -0.15) is 0 Å². The normalized spacial score (nSPS) is 17.6. The fourth-order valence-electron chi connectivity index (χ4n) is 2.11. The van der Waals surface area contributed by atoms with Crippen molar-refractivity contribution in [1.82, 2.24) is 4.90 Å². The number of rotatable bonds is 6. The number of nitrogens with zero attached hydrogens (tertiary/aromatic N) is 1. The molecule has 1 aliphatic heterocycles. The molecule has 1 heterocycles. The molecule has 1 aromatic carbocycles. The largest absolute Gasteiger partial charge is 0.483 e. The molecule has 1 radical (unpaired) electrons. The summed E-state index contributed by atoms with van der Waals surface area (Å²) < 4.78 is 31.1. The van der Waals surface area contributed by atoms with Crippen LogP contribution < -0.4 is 4.74 Å². The molecule has 9 heteroatoms. The Labute approximate surface area is 182 Å². The van der Waals surface area contributed by atoms with E-state index in [9.17, 15) is 13.6 Å². The second kappa shape index (κ2) is 10.5. The number of amides is 1. The van der Waals surface area contributed by atoms with E-state index in [0.717, 1.165) is 4.90 Å². The number of carbonyl (C=O) groups is 1. The Balaban J connectivity index is 0.00000288. The number of ether oxygens (including phenoxy) is 1. The zero-order chi connectivity index (χ0) is 17.0. The molecular formula is C15H14BrClF2NO2SY-. The van der Waals surface area contributed by atoms with Crippen molar-refractivity contribution in [3.05, 3.63) is 34.9 Å². The van der Waals surface area contributed by atoms with Crippen LogP contribution in [-0.2, 0) is 37.5 Å². The molecule has 0 N–H and O–H groups in total. The third-order valence-corrected chi connectivity index (χ3v) is 4.49. The van der Waals surface area contributed by atoms with E-state index in [1.54, 1.807) is 18.2 Å². The first-order valence-electron chi connectivity index (χ1n) is 6.70. The summed E-state index contributed by atoms with van der Waals surface area (Å²) in [6, 6.07) is 4.95. The molecule has 3 nitrogen and oxygen atoms in total. The minimum Gasteiger partial charge on any atom is -0.483 e. The summed E-state index contributed by atoms with van der Waals surface area (Å²) in [5.74, 6) is 0.638. The van der Waals surface area contributed by atoms with Gasteiger partial charge in [0.05, 0.1) is 11.4 Å². The average molecular weight is 515 g/mol. The third-order valence-electron chi connectivity index (χ3n) is 3.11. The molecule has 0 saturated carbocycles. The third kappa shape index (κ3) is 5.66. The van der Waals surface area contributed by atoms with Gasteiger partial charge >= 0.3 is 0 Å². The topological polar surface area (TPSA) is 29.5 Å². The number of halogens is 4. The number of benzene rings is 1. The number of alkyl halides is 3. The first-order valence-corrected chi connectivity index (χ1v) is 9.39. The van der Waals surface area contributed by atoms with Gasteiger partial charge in [-0.1, -0.05) is 22.4 Å². The molecule has 1 atom stereocenters. The van der Waals surface area contributed by atoms with Crippen molar-refractivity contribution >= 4 is 50.9 Å². The molecule has 2 rings (SSSR count). The summed E-state index contributed by atoms with van der Waals surface area (Å²) in [6.07, 6.45) is 2.55. The maximum absolute atomic E-state index is 12.8. The zero-order valence-corrected chi connectivity index (χ0v) is 18.8. The summed E-state index contributed by atoms with van der Waals surface area (Å²) in [6.45, 7) is -0.690. The maximum Gasteiger partial charge on any atom is 0.256 e. The standard InChI is InChI=1S/C15H14BrClF2NO2S.Y/c1-23-8-22-9-2-3-10(12(17)6-9)13-5-4-11(16)15(21)20(13)7-14(18)19;/h2-3,6,11,14H,4,7-8H2,1H3;/q-1;. The van der Waals surface area contributed by atoms with Crippen molar-refractivity contribution in [3.8, 4) is 5.75 Å². The Hall–Kier alpha value is 0.314. The quantitative estimate of drug-likeness (QED) is 0.319. The van der Waals surface area contributed by atoms with Crippen LogP contribution in [0, 0.1) is 6.08 Å². The molecule has 0 bridgehead atoms. The molecule has 1 aromatic rings. The number of hydrogen-bond acceptors (Lipinski definition) is 3. The van der Waals surface area contributed by atoms with E-state index in [1.807, 2.05) is 6.26 Å². The van der Waals surface area contributed by atoms with Crippen LogP contribution in [0.5, 0.6) is 5.75 Å². The van der Waals surface area contributed by atoms with Crippen LogP contribution >= 0.6 is 39.3 Å².